The lowest BCUT2D eigenvalue weighted by atomic mass is 10.2. The predicted molar refractivity (Wildman–Crippen MR) is 64.5 cm³/mol. The van der Waals surface area contributed by atoms with Crippen LogP contribution in [0.15, 0.2) is 24.3 Å². The number of carboxylic acids is 1. The molecular formula is C12H12N2O5. The standard InChI is InChI=1S/C12H12N2O5/c15-10-5-2-6-14(10)19-12(18)13-9-4-1-3-8(7-9)11(16)17/h1,3-4,7H,2,5-6H2,(H,13,18)(H,16,17). The fraction of sp³-hybridized carbons (Fsp3) is 0.250. The third-order valence-electron chi connectivity index (χ3n) is 2.58. The molecule has 7 heteroatoms. The number of nitrogens with zero attached hydrogens (tertiary/aromatic N) is 1. The van der Waals surface area contributed by atoms with Gasteiger partial charge in [0.1, 0.15) is 0 Å². The van der Waals surface area contributed by atoms with Crippen molar-refractivity contribution >= 4 is 23.7 Å². The molecule has 0 saturated carbocycles. The number of rotatable bonds is 3. The van der Waals surface area contributed by atoms with E-state index in [0.717, 1.165) is 5.06 Å². The summed E-state index contributed by atoms with van der Waals surface area (Å²) in [5, 5.41) is 12.2. The molecule has 1 aromatic carbocycles. The first-order valence-electron chi connectivity index (χ1n) is 5.69. The van der Waals surface area contributed by atoms with Gasteiger partial charge in [-0.1, -0.05) is 6.07 Å². The van der Waals surface area contributed by atoms with Crippen LogP contribution in [0.25, 0.3) is 0 Å². The second-order valence-electron chi connectivity index (χ2n) is 3.99. The summed E-state index contributed by atoms with van der Waals surface area (Å²) in [6.07, 6.45) is 0.195. The van der Waals surface area contributed by atoms with Gasteiger partial charge in [0.25, 0.3) is 5.91 Å². The molecule has 0 atom stereocenters. The van der Waals surface area contributed by atoms with Crippen molar-refractivity contribution in [2.24, 2.45) is 0 Å². The highest BCUT2D eigenvalue weighted by Gasteiger charge is 2.24. The lowest BCUT2D eigenvalue weighted by molar-refractivity contribution is -0.156. The van der Waals surface area contributed by atoms with Gasteiger partial charge in [0.05, 0.1) is 12.1 Å². The first-order chi connectivity index (χ1) is 9.06. The van der Waals surface area contributed by atoms with Crippen LogP contribution >= 0.6 is 0 Å². The van der Waals surface area contributed by atoms with E-state index in [-0.39, 0.29) is 17.2 Å². The lowest BCUT2D eigenvalue weighted by Gasteiger charge is -2.14. The summed E-state index contributed by atoms with van der Waals surface area (Å²) in [5.74, 6) is -1.33. The molecule has 0 spiro atoms. The molecule has 1 heterocycles. The van der Waals surface area contributed by atoms with Crippen molar-refractivity contribution in [3.63, 3.8) is 0 Å². The Morgan fingerprint density at radius 3 is 2.79 bits per heavy atom. The van der Waals surface area contributed by atoms with Gasteiger partial charge in [-0.15, -0.1) is 0 Å². The Kier molecular flexibility index (Phi) is 3.65. The number of carbonyl (C=O) groups is 3. The molecule has 100 valence electrons. The maximum atomic E-state index is 11.5. The molecule has 0 radical (unpaired) electrons. The molecule has 0 aromatic heterocycles. The zero-order chi connectivity index (χ0) is 13.8. The minimum atomic E-state index is -1.09. The van der Waals surface area contributed by atoms with E-state index in [1.807, 2.05) is 0 Å². The van der Waals surface area contributed by atoms with Gasteiger partial charge in [-0.05, 0) is 24.6 Å². The second-order valence-corrected chi connectivity index (χ2v) is 3.99. The van der Waals surface area contributed by atoms with Crippen molar-refractivity contribution in [3.8, 4) is 0 Å². The third kappa shape index (κ3) is 3.21. The van der Waals surface area contributed by atoms with Crippen LogP contribution in [0, 0.1) is 0 Å². The number of carbonyl (C=O) groups excluding carboxylic acids is 2. The van der Waals surface area contributed by atoms with Gasteiger partial charge < -0.3 is 9.94 Å². The van der Waals surface area contributed by atoms with Gasteiger partial charge >= 0.3 is 12.1 Å². The average molecular weight is 264 g/mol. The predicted octanol–water partition coefficient (Wildman–Crippen LogP) is 1.47. The van der Waals surface area contributed by atoms with Gasteiger partial charge in [0.15, 0.2) is 0 Å². The Labute approximate surface area is 108 Å². The average Bonchev–Trinajstić information content (AvgIpc) is 2.75. The van der Waals surface area contributed by atoms with Crippen LogP contribution < -0.4 is 5.32 Å². The van der Waals surface area contributed by atoms with E-state index < -0.39 is 12.1 Å². The SMILES string of the molecule is O=C(Nc1cccc(C(=O)O)c1)ON1CCCC1=O. The highest BCUT2D eigenvalue weighted by molar-refractivity contribution is 5.91. The summed E-state index contributed by atoms with van der Waals surface area (Å²) >= 11 is 0. The van der Waals surface area contributed by atoms with Gasteiger partial charge in [-0.2, -0.15) is 5.06 Å². The monoisotopic (exact) mass is 264 g/mol. The van der Waals surface area contributed by atoms with Crippen LogP contribution in [0.3, 0.4) is 0 Å². The zero-order valence-electron chi connectivity index (χ0n) is 9.96. The minimum Gasteiger partial charge on any atom is -0.478 e. The summed E-state index contributed by atoms with van der Waals surface area (Å²) in [6.45, 7) is 0.376. The number of aromatic carboxylic acids is 1. The number of hydroxylamine groups is 2. The lowest BCUT2D eigenvalue weighted by Crippen LogP contribution is -2.30. The maximum Gasteiger partial charge on any atom is 0.436 e. The van der Waals surface area contributed by atoms with Gasteiger partial charge in [0, 0.05) is 12.1 Å². The first kappa shape index (κ1) is 12.9. The van der Waals surface area contributed by atoms with Crippen LogP contribution in [0.4, 0.5) is 10.5 Å². The van der Waals surface area contributed by atoms with Crippen LogP contribution in [0.5, 0.6) is 0 Å². The Hall–Kier alpha value is -2.57. The Balaban J connectivity index is 1.97. The Morgan fingerprint density at radius 2 is 2.16 bits per heavy atom. The van der Waals surface area contributed by atoms with Crippen molar-refractivity contribution in [2.75, 3.05) is 11.9 Å². The molecular weight excluding hydrogens is 252 g/mol. The summed E-state index contributed by atoms with van der Waals surface area (Å²) in [6, 6.07) is 5.73. The highest BCUT2D eigenvalue weighted by atomic mass is 16.7. The Morgan fingerprint density at radius 1 is 1.37 bits per heavy atom. The van der Waals surface area contributed by atoms with E-state index >= 15 is 0 Å². The maximum absolute atomic E-state index is 11.5. The van der Waals surface area contributed by atoms with Crippen LogP contribution in [-0.4, -0.2) is 34.7 Å². The number of hydrogen-bond donors (Lipinski definition) is 2. The topological polar surface area (TPSA) is 95.9 Å². The minimum absolute atomic E-state index is 0.0510. The number of anilines is 1. The van der Waals surface area contributed by atoms with E-state index in [2.05, 4.69) is 5.32 Å². The normalized spacial score (nSPS) is 14.3. The molecule has 19 heavy (non-hydrogen) atoms. The molecule has 2 rings (SSSR count). The summed E-state index contributed by atoms with van der Waals surface area (Å²) < 4.78 is 0. The smallest absolute Gasteiger partial charge is 0.436 e. The third-order valence-corrected chi connectivity index (χ3v) is 2.58. The number of amides is 2. The number of benzene rings is 1. The highest BCUT2D eigenvalue weighted by Crippen LogP contribution is 2.13. The molecule has 0 bridgehead atoms. The van der Waals surface area contributed by atoms with Crippen molar-refractivity contribution in [3.05, 3.63) is 29.8 Å². The van der Waals surface area contributed by atoms with Crippen molar-refractivity contribution < 1.29 is 24.3 Å². The quantitative estimate of drug-likeness (QED) is 0.861. The van der Waals surface area contributed by atoms with Gasteiger partial charge in [-0.3, -0.25) is 10.1 Å². The zero-order valence-corrected chi connectivity index (χ0v) is 9.96. The number of carboxylic acid groups (broad SMARTS) is 1. The molecule has 2 amide bonds. The summed E-state index contributed by atoms with van der Waals surface area (Å²) in [5.41, 5.74) is 0.339. The summed E-state index contributed by atoms with van der Waals surface area (Å²) in [4.78, 5) is 38.3. The number of hydrogen-bond acceptors (Lipinski definition) is 4. The molecule has 1 aliphatic rings. The van der Waals surface area contributed by atoms with Crippen molar-refractivity contribution in [1.29, 1.82) is 0 Å². The van der Waals surface area contributed by atoms with E-state index in [9.17, 15) is 14.4 Å². The molecule has 7 nitrogen and oxygen atoms in total. The van der Waals surface area contributed by atoms with Crippen molar-refractivity contribution in [1.82, 2.24) is 5.06 Å². The largest absolute Gasteiger partial charge is 0.478 e. The molecule has 1 fully saturated rings. The molecule has 0 unspecified atom stereocenters. The van der Waals surface area contributed by atoms with E-state index in [1.165, 1.54) is 24.3 Å². The van der Waals surface area contributed by atoms with E-state index in [1.54, 1.807) is 0 Å². The van der Waals surface area contributed by atoms with Crippen LogP contribution in [0.2, 0.25) is 0 Å². The molecule has 2 N–H and O–H groups in total. The first-order valence-corrected chi connectivity index (χ1v) is 5.69. The number of nitrogens with one attached hydrogen (secondary N) is 1. The second kappa shape index (κ2) is 5.38. The fourth-order valence-corrected chi connectivity index (χ4v) is 1.69. The van der Waals surface area contributed by atoms with Crippen LogP contribution in [0.1, 0.15) is 23.2 Å². The summed E-state index contributed by atoms with van der Waals surface area (Å²) in [7, 11) is 0. The van der Waals surface area contributed by atoms with Crippen LogP contribution in [-0.2, 0) is 9.63 Å². The molecule has 1 saturated heterocycles. The van der Waals surface area contributed by atoms with E-state index in [0.29, 0.717) is 19.4 Å². The fourth-order valence-electron chi connectivity index (χ4n) is 1.69. The van der Waals surface area contributed by atoms with Gasteiger partial charge in [-0.25, -0.2) is 9.59 Å². The van der Waals surface area contributed by atoms with Gasteiger partial charge in [0.2, 0.25) is 0 Å². The molecule has 1 aromatic rings. The molecule has 1 aliphatic heterocycles. The van der Waals surface area contributed by atoms with Crippen molar-refractivity contribution in [2.45, 2.75) is 12.8 Å². The Bertz CT molecular complexity index is 529. The van der Waals surface area contributed by atoms with E-state index in [4.69, 9.17) is 9.94 Å². The molecule has 0 aliphatic carbocycles.